The maximum atomic E-state index is 11.7. The Morgan fingerprint density at radius 1 is 0.957 bits per heavy atom. The standard InChI is InChI=1S/C22H36O/c1-14-4-7-18-16(12-14)5-8-20-19(18)10-11-22(3)17(13-15(2)23)6-9-21(20)22/h14,16-21H,4-13H2,1-3H3. The molecule has 4 saturated carbocycles. The second-order valence-electron chi connectivity index (χ2n) is 10.1. The van der Waals surface area contributed by atoms with Crippen molar-refractivity contribution in [2.24, 2.45) is 46.8 Å². The minimum Gasteiger partial charge on any atom is -0.300 e. The molecule has 0 spiro atoms. The zero-order valence-electron chi connectivity index (χ0n) is 15.5. The molecule has 0 radical (unpaired) electrons. The van der Waals surface area contributed by atoms with Crippen molar-refractivity contribution in [3.8, 4) is 0 Å². The lowest BCUT2D eigenvalue weighted by Gasteiger charge is -2.56. The fourth-order valence-corrected chi connectivity index (χ4v) is 7.88. The zero-order valence-corrected chi connectivity index (χ0v) is 15.5. The SMILES string of the molecule is CC(=O)CC1CCC2C3CCC4CC(C)CCC4C3CCC12C. The first-order valence-electron chi connectivity index (χ1n) is 10.5. The summed E-state index contributed by atoms with van der Waals surface area (Å²) in [6.45, 7) is 6.84. The van der Waals surface area contributed by atoms with Crippen LogP contribution in [0, 0.1) is 46.8 Å². The number of hydrogen-bond donors (Lipinski definition) is 0. The van der Waals surface area contributed by atoms with Crippen LogP contribution >= 0.6 is 0 Å². The Bertz CT molecular complexity index is 469. The van der Waals surface area contributed by atoms with Crippen LogP contribution in [0.2, 0.25) is 0 Å². The van der Waals surface area contributed by atoms with Crippen LogP contribution in [0.3, 0.4) is 0 Å². The molecule has 1 nitrogen and oxygen atoms in total. The van der Waals surface area contributed by atoms with E-state index < -0.39 is 0 Å². The van der Waals surface area contributed by atoms with Gasteiger partial charge in [-0.05, 0) is 105 Å². The van der Waals surface area contributed by atoms with Gasteiger partial charge in [-0.3, -0.25) is 0 Å². The molecule has 8 atom stereocenters. The molecular weight excluding hydrogens is 280 g/mol. The van der Waals surface area contributed by atoms with E-state index >= 15 is 0 Å². The number of Topliss-reactive ketones (excluding diaryl/α,β-unsaturated/α-hetero) is 1. The molecule has 130 valence electrons. The number of ketones is 1. The number of hydrogen-bond acceptors (Lipinski definition) is 1. The van der Waals surface area contributed by atoms with Gasteiger partial charge in [0.15, 0.2) is 0 Å². The zero-order chi connectivity index (χ0) is 16.2. The predicted octanol–water partition coefficient (Wildman–Crippen LogP) is 5.87. The Balaban J connectivity index is 1.52. The predicted molar refractivity (Wildman–Crippen MR) is 95.1 cm³/mol. The average Bonchev–Trinajstić information content (AvgIpc) is 2.83. The van der Waals surface area contributed by atoms with Gasteiger partial charge in [0, 0.05) is 6.42 Å². The Labute approximate surface area is 143 Å². The summed E-state index contributed by atoms with van der Waals surface area (Å²) in [6.07, 6.45) is 14.0. The first kappa shape index (κ1) is 16.2. The van der Waals surface area contributed by atoms with Gasteiger partial charge in [-0.1, -0.05) is 20.3 Å². The molecule has 0 heterocycles. The molecule has 0 amide bonds. The lowest BCUT2D eigenvalue weighted by Crippen LogP contribution is -2.48. The van der Waals surface area contributed by atoms with Crippen molar-refractivity contribution in [3.05, 3.63) is 0 Å². The Morgan fingerprint density at radius 3 is 2.52 bits per heavy atom. The van der Waals surface area contributed by atoms with Gasteiger partial charge >= 0.3 is 0 Å². The topological polar surface area (TPSA) is 17.1 Å². The molecule has 8 unspecified atom stereocenters. The van der Waals surface area contributed by atoms with Gasteiger partial charge < -0.3 is 4.79 Å². The van der Waals surface area contributed by atoms with E-state index in [1.807, 2.05) is 0 Å². The summed E-state index contributed by atoms with van der Waals surface area (Å²) in [4.78, 5) is 11.7. The van der Waals surface area contributed by atoms with Crippen LogP contribution in [-0.2, 0) is 4.79 Å². The Kier molecular flexibility index (Phi) is 4.13. The van der Waals surface area contributed by atoms with E-state index in [1.54, 1.807) is 6.92 Å². The molecule has 4 aliphatic carbocycles. The summed E-state index contributed by atoms with van der Waals surface area (Å²) < 4.78 is 0. The van der Waals surface area contributed by atoms with E-state index in [0.717, 1.165) is 41.9 Å². The largest absolute Gasteiger partial charge is 0.300 e. The van der Waals surface area contributed by atoms with Gasteiger partial charge in [0.25, 0.3) is 0 Å². The van der Waals surface area contributed by atoms with Crippen LogP contribution < -0.4 is 0 Å². The van der Waals surface area contributed by atoms with Gasteiger partial charge in [-0.25, -0.2) is 0 Å². The molecule has 0 N–H and O–H groups in total. The second-order valence-corrected chi connectivity index (χ2v) is 10.1. The van der Waals surface area contributed by atoms with E-state index in [0.29, 0.717) is 17.1 Å². The van der Waals surface area contributed by atoms with E-state index in [1.165, 1.54) is 57.8 Å². The summed E-state index contributed by atoms with van der Waals surface area (Å²) in [5, 5.41) is 0. The van der Waals surface area contributed by atoms with E-state index in [9.17, 15) is 4.79 Å². The van der Waals surface area contributed by atoms with Crippen molar-refractivity contribution in [3.63, 3.8) is 0 Å². The quantitative estimate of drug-likeness (QED) is 0.622. The van der Waals surface area contributed by atoms with Crippen molar-refractivity contribution in [1.82, 2.24) is 0 Å². The average molecular weight is 317 g/mol. The second kappa shape index (κ2) is 5.88. The summed E-state index contributed by atoms with van der Waals surface area (Å²) in [5.74, 6) is 7.17. The highest BCUT2D eigenvalue weighted by atomic mass is 16.1. The van der Waals surface area contributed by atoms with Crippen LogP contribution in [0.15, 0.2) is 0 Å². The van der Waals surface area contributed by atoms with Crippen LogP contribution in [0.4, 0.5) is 0 Å². The Morgan fingerprint density at radius 2 is 1.74 bits per heavy atom. The molecule has 0 aromatic rings. The van der Waals surface area contributed by atoms with Crippen molar-refractivity contribution in [2.45, 2.75) is 85.0 Å². The van der Waals surface area contributed by atoms with Gasteiger partial charge in [-0.2, -0.15) is 0 Å². The Hall–Kier alpha value is -0.330. The van der Waals surface area contributed by atoms with E-state index in [4.69, 9.17) is 0 Å². The highest BCUT2D eigenvalue weighted by Crippen LogP contribution is 2.64. The maximum Gasteiger partial charge on any atom is 0.130 e. The summed E-state index contributed by atoms with van der Waals surface area (Å²) in [5.41, 5.74) is 0.488. The monoisotopic (exact) mass is 316 g/mol. The van der Waals surface area contributed by atoms with Crippen molar-refractivity contribution in [2.75, 3.05) is 0 Å². The molecule has 1 heteroatoms. The molecule has 0 saturated heterocycles. The van der Waals surface area contributed by atoms with Crippen molar-refractivity contribution < 1.29 is 4.79 Å². The highest BCUT2D eigenvalue weighted by molar-refractivity contribution is 5.75. The third-order valence-electron chi connectivity index (χ3n) is 8.95. The lowest BCUT2D eigenvalue weighted by molar-refractivity contribution is -0.120. The summed E-state index contributed by atoms with van der Waals surface area (Å²) in [7, 11) is 0. The lowest BCUT2D eigenvalue weighted by atomic mass is 9.49. The summed E-state index contributed by atoms with van der Waals surface area (Å²) in [6, 6.07) is 0. The number of carbonyl (C=O) groups is 1. The van der Waals surface area contributed by atoms with Gasteiger partial charge in [0.1, 0.15) is 5.78 Å². The van der Waals surface area contributed by atoms with Crippen LogP contribution in [0.5, 0.6) is 0 Å². The van der Waals surface area contributed by atoms with Gasteiger partial charge in [0.2, 0.25) is 0 Å². The van der Waals surface area contributed by atoms with Gasteiger partial charge in [0.05, 0.1) is 0 Å². The fourth-order valence-electron chi connectivity index (χ4n) is 7.88. The fraction of sp³-hybridized carbons (Fsp3) is 0.955. The minimum atomic E-state index is 0.420. The molecule has 23 heavy (non-hydrogen) atoms. The van der Waals surface area contributed by atoms with Crippen molar-refractivity contribution in [1.29, 1.82) is 0 Å². The molecule has 0 aliphatic heterocycles. The molecule has 0 bridgehead atoms. The van der Waals surface area contributed by atoms with Crippen molar-refractivity contribution >= 4 is 5.78 Å². The van der Waals surface area contributed by atoms with Crippen LogP contribution in [0.25, 0.3) is 0 Å². The molecule has 4 fully saturated rings. The highest BCUT2D eigenvalue weighted by Gasteiger charge is 2.56. The first-order valence-corrected chi connectivity index (χ1v) is 10.5. The van der Waals surface area contributed by atoms with Crippen LogP contribution in [-0.4, -0.2) is 5.78 Å². The maximum absolute atomic E-state index is 11.7. The van der Waals surface area contributed by atoms with E-state index in [2.05, 4.69) is 13.8 Å². The first-order chi connectivity index (χ1) is 11.0. The molecule has 4 rings (SSSR count). The van der Waals surface area contributed by atoms with Crippen LogP contribution in [0.1, 0.15) is 85.0 Å². The van der Waals surface area contributed by atoms with E-state index in [-0.39, 0.29) is 0 Å². The normalized spacial score (nSPS) is 52.4. The molecular formula is C22H36O. The third-order valence-corrected chi connectivity index (χ3v) is 8.95. The summed E-state index contributed by atoms with van der Waals surface area (Å²) >= 11 is 0. The smallest absolute Gasteiger partial charge is 0.130 e. The molecule has 0 aromatic heterocycles. The van der Waals surface area contributed by atoms with Gasteiger partial charge in [-0.15, -0.1) is 0 Å². The number of rotatable bonds is 2. The third kappa shape index (κ3) is 2.61. The number of carbonyl (C=O) groups excluding carboxylic acids is 1. The number of fused-ring (bicyclic) bond motifs is 5. The molecule has 0 aromatic carbocycles. The minimum absolute atomic E-state index is 0.420. The molecule has 4 aliphatic rings.